The molecule has 3 rings (SSSR count). The number of hydrogen-bond acceptors (Lipinski definition) is 3. The minimum Gasteiger partial charge on any atom is -0.356 e. The molecule has 0 aliphatic heterocycles. The van der Waals surface area contributed by atoms with Crippen molar-refractivity contribution in [2.75, 3.05) is 13.6 Å². The van der Waals surface area contributed by atoms with E-state index in [1.165, 1.54) is 5.56 Å². The molecule has 0 amide bonds. The average Bonchev–Trinajstić information content (AvgIpc) is 3.20. The van der Waals surface area contributed by atoms with Crippen molar-refractivity contribution in [2.45, 2.75) is 13.0 Å². The molecular weight excluding hydrogens is 312 g/mol. The summed E-state index contributed by atoms with van der Waals surface area (Å²) in [4.78, 5) is 12.7. The Morgan fingerprint density at radius 3 is 2.72 bits per heavy atom. The van der Waals surface area contributed by atoms with E-state index in [-0.39, 0.29) is 0 Å². The van der Waals surface area contributed by atoms with Crippen LogP contribution in [0.2, 0.25) is 0 Å². The van der Waals surface area contributed by atoms with E-state index in [0.717, 1.165) is 30.3 Å². The second-order valence-electron chi connectivity index (χ2n) is 5.52. The highest BCUT2D eigenvalue weighted by Gasteiger charge is 2.05. The molecule has 3 aromatic rings. The van der Waals surface area contributed by atoms with E-state index in [1.807, 2.05) is 47.3 Å². The number of aromatic nitrogens is 3. The first-order valence-electron chi connectivity index (χ1n) is 8.27. The maximum Gasteiger partial charge on any atom is 0.191 e. The largest absolute Gasteiger partial charge is 0.356 e. The Bertz CT molecular complexity index is 796. The van der Waals surface area contributed by atoms with Crippen LogP contribution in [0.4, 0.5) is 0 Å². The van der Waals surface area contributed by atoms with Gasteiger partial charge in [-0.05, 0) is 23.8 Å². The molecule has 0 aliphatic carbocycles. The van der Waals surface area contributed by atoms with Crippen LogP contribution in [-0.2, 0) is 13.0 Å². The van der Waals surface area contributed by atoms with Crippen LogP contribution < -0.4 is 10.6 Å². The van der Waals surface area contributed by atoms with E-state index < -0.39 is 0 Å². The van der Waals surface area contributed by atoms with Gasteiger partial charge < -0.3 is 15.2 Å². The molecule has 0 unspecified atom stereocenters. The van der Waals surface area contributed by atoms with Crippen molar-refractivity contribution in [1.82, 2.24) is 25.2 Å². The van der Waals surface area contributed by atoms with Gasteiger partial charge in [0.25, 0.3) is 0 Å². The minimum absolute atomic E-state index is 0.678. The van der Waals surface area contributed by atoms with Gasteiger partial charge in [-0.25, -0.2) is 4.98 Å². The fraction of sp³-hybridized carbons (Fsp3) is 0.211. The molecule has 6 nitrogen and oxygen atoms in total. The Morgan fingerprint density at radius 2 is 1.96 bits per heavy atom. The van der Waals surface area contributed by atoms with Crippen molar-refractivity contribution >= 4 is 5.96 Å². The Balaban J connectivity index is 1.55. The number of nitrogens with zero attached hydrogens (tertiary/aromatic N) is 4. The van der Waals surface area contributed by atoms with Crippen LogP contribution in [0.1, 0.15) is 11.3 Å². The predicted molar refractivity (Wildman–Crippen MR) is 99.7 cm³/mol. The summed E-state index contributed by atoms with van der Waals surface area (Å²) < 4.78 is 2.01. The van der Waals surface area contributed by atoms with Crippen LogP contribution in [0.3, 0.4) is 0 Å². The maximum atomic E-state index is 4.33. The van der Waals surface area contributed by atoms with Crippen molar-refractivity contribution in [3.8, 4) is 5.69 Å². The van der Waals surface area contributed by atoms with Gasteiger partial charge in [0.15, 0.2) is 5.96 Å². The first kappa shape index (κ1) is 16.7. The van der Waals surface area contributed by atoms with Gasteiger partial charge in [-0.15, -0.1) is 0 Å². The van der Waals surface area contributed by atoms with Crippen LogP contribution in [0.5, 0.6) is 0 Å². The van der Waals surface area contributed by atoms with Crippen molar-refractivity contribution in [1.29, 1.82) is 0 Å². The summed E-state index contributed by atoms with van der Waals surface area (Å²) in [5.41, 5.74) is 3.35. The third kappa shape index (κ3) is 4.67. The molecule has 0 radical (unpaired) electrons. The fourth-order valence-corrected chi connectivity index (χ4v) is 2.57. The average molecular weight is 334 g/mol. The highest BCUT2D eigenvalue weighted by atomic mass is 15.2. The van der Waals surface area contributed by atoms with Gasteiger partial charge in [-0.2, -0.15) is 0 Å². The second-order valence-corrected chi connectivity index (χ2v) is 5.52. The van der Waals surface area contributed by atoms with Crippen molar-refractivity contribution in [3.05, 3.63) is 78.6 Å². The van der Waals surface area contributed by atoms with Gasteiger partial charge in [0.2, 0.25) is 0 Å². The predicted octanol–water partition coefficient (Wildman–Crippen LogP) is 2.17. The van der Waals surface area contributed by atoms with Gasteiger partial charge in [-0.3, -0.25) is 9.98 Å². The van der Waals surface area contributed by atoms with Crippen LogP contribution in [-0.4, -0.2) is 34.1 Å². The van der Waals surface area contributed by atoms with E-state index >= 15 is 0 Å². The number of hydrogen-bond donors (Lipinski definition) is 2. The summed E-state index contributed by atoms with van der Waals surface area (Å²) in [7, 11) is 1.78. The first-order chi connectivity index (χ1) is 12.4. The number of benzene rings is 1. The van der Waals surface area contributed by atoms with Crippen LogP contribution in [0.15, 0.2) is 72.4 Å². The number of imidazole rings is 1. The fourth-order valence-electron chi connectivity index (χ4n) is 2.57. The smallest absolute Gasteiger partial charge is 0.191 e. The number of para-hydroxylation sites is 1. The molecule has 0 spiro atoms. The van der Waals surface area contributed by atoms with E-state index in [0.29, 0.717) is 6.54 Å². The topological polar surface area (TPSA) is 67.1 Å². The highest BCUT2D eigenvalue weighted by molar-refractivity contribution is 5.79. The zero-order chi connectivity index (χ0) is 17.3. The van der Waals surface area contributed by atoms with Crippen LogP contribution in [0, 0.1) is 0 Å². The molecular formula is C19H22N6. The molecule has 2 heterocycles. The zero-order valence-corrected chi connectivity index (χ0v) is 14.3. The molecule has 0 saturated heterocycles. The molecule has 0 aliphatic rings. The lowest BCUT2D eigenvalue weighted by molar-refractivity contribution is 0.781. The van der Waals surface area contributed by atoms with Gasteiger partial charge in [0, 0.05) is 50.8 Å². The number of aliphatic imine (C=N–C) groups is 1. The number of rotatable bonds is 6. The Kier molecular flexibility index (Phi) is 5.77. The number of nitrogens with one attached hydrogen (secondary N) is 2. The lowest BCUT2D eigenvalue weighted by Crippen LogP contribution is -2.38. The third-order valence-electron chi connectivity index (χ3n) is 3.84. The first-order valence-corrected chi connectivity index (χ1v) is 8.27. The lowest BCUT2D eigenvalue weighted by atomic mass is 10.1. The summed E-state index contributed by atoms with van der Waals surface area (Å²) in [5, 5.41) is 6.68. The SMILES string of the molecule is CN=C(NCCc1ccccn1)NCc1ccccc1-n1ccnc1. The summed E-state index contributed by atoms with van der Waals surface area (Å²) in [6.07, 6.45) is 8.20. The van der Waals surface area contributed by atoms with Gasteiger partial charge in [0.1, 0.15) is 0 Å². The van der Waals surface area contributed by atoms with Crippen molar-refractivity contribution in [2.24, 2.45) is 4.99 Å². The van der Waals surface area contributed by atoms with Crippen LogP contribution >= 0.6 is 0 Å². The summed E-state index contributed by atoms with van der Waals surface area (Å²) >= 11 is 0. The summed E-state index contributed by atoms with van der Waals surface area (Å²) in [6, 6.07) is 14.2. The van der Waals surface area contributed by atoms with Gasteiger partial charge in [0.05, 0.1) is 12.0 Å². The van der Waals surface area contributed by atoms with Crippen molar-refractivity contribution < 1.29 is 0 Å². The molecule has 128 valence electrons. The molecule has 6 heteroatoms. The van der Waals surface area contributed by atoms with Crippen LogP contribution in [0.25, 0.3) is 5.69 Å². The minimum atomic E-state index is 0.678. The standard InChI is InChI=1S/C19H22N6/c1-20-19(23-11-9-17-7-4-5-10-22-17)24-14-16-6-2-3-8-18(16)25-13-12-21-15-25/h2-8,10,12-13,15H,9,11,14H2,1H3,(H2,20,23,24). The summed E-state index contributed by atoms with van der Waals surface area (Å²) in [5.74, 6) is 0.774. The molecule has 0 fully saturated rings. The van der Waals surface area contributed by atoms with Gasteiger partial charge >= 0.3 is 0 Å². The normalized spacial score (nSPS) is 11.3. The van der Waals surface area contributed by atoms with E-state index in [4.69, 9.17) is 0 Å². The molecule has 25 heavy (non-hydrogen) atoms. The molecule has 0 bridgehead atoms. The van der Waals surface area contributed by atoms with Crippen molar-refractivity contribution in [3.63, 3.8) is 0 Å². The number of pyridine rings is 1. The molecule has 0 atom stereocenters. The third-order valence-corrected chi connectivity index (χ3v) is 3.84. The molecule has 2 aromatic heterocycles. The Morgan fingerprint density at radius 1 is 1.08 bits per heavy atom. The van der Waals surface area contributed by atoms with Gasteiger partial charge in [-0.1, -0.05) is 24.3 Å². The number of guanidine groups is 1. The van der Waals surface area contributed by atoms with E-state index in [2.05, 4.69) is 37.7 Å². The Labute approximate surface area is 147 Å². The maximum absolute atomic E-state index is 4.33. The molecule has 1 aromatic carbocycles. The zero-order valence-electron chi connectivity index (χ0n) is 14.3. The highest BCUT2D eigenvalue weighted by Crippen LogP contribution is 2.13. The molecule has 2 N–H and O–H groups in total. The van der Waals surface area contributed by atoms with E-state index in [1.54, 1.807) is 19.6 Å². The lowest BCUT2D eigenvalue weighted by Gasteiger charge is -2.14. The Hall–Kier alpha value is -3.15. The quantitative estimate of drug-likeness (QED) is 0.536. The molecule has 0 saturated carbocycles. The summed E-state index contributed by atoms with van der Waals surface area (Å²) in [6.45, 7) is 1.46. The second kappa shape index (κ2) is 8.63. The van der Waals surface area contributed by atoms with E-state index in [9.17, 15) is 0 Å². The monoisotopic (exact) mass is 334 g/mol.